The van der Waals surface area contributed by atoms with E-state index in [0.29, 0.717) is 18.2 Å². The summed E-state index contributed by atoms with van der Waals surface area (Å²) in [4.78, 5) is 26.5. The molecule has 0 radical (unpaired) electrons. The van der Waals surface area contributed by atoms with Crippen LogP contribution in [0.25, 0.3) is 10.9 Å². The number of ether oxygens (including phenoxy) is 1. The van der Waals surface area contributed by atoms with E-state index in [9.17, 15) is 4.79 Å². The number of hydrogen-bond acceptors (Lipinski definition) is 7. The molecule has 7 heteroatoms. The fourth-order valence-electron chi connectivity index (χ4n) is 3.99. The molecule has 1 fully saturated rings. The summed E-state index contributed by atoms with van der Waals surface area (Å²) in [6.45, 7) is 9.96. The van der Waals surface area contributed by atoms with Crippen molar-refractivity contribution in [2.24, 2.45) is 0 Å². The van der Waals surface area contributed by atoms with E-state index >= 15 is 0 Å². The molecule has 0 N–H and O–H groups in total. The third-order valence-corrected chi connectivity index (χ3v) is 6.50. The molecule has 6 nitrogen and oxygen atoms in total. The van der Waals surface area contributed by atoms with Crippen molar-refractivity contribution in [1.82, 2.24) is 14.9 Å². The van der Waals surface area contributed by atoms with E-state index in [4.69, 9.17) is 4.74 Å². The molecule has 0 bridgehead atoms. The number of anilines is 1. The van der Waals surface area contributed by atoms with Crippen molar-refractivity contribution in [3.63, 3.8) is 0 Å². The Morgan fingerprint density at radius 3 is 2.72 bits per heavy atom. The smallest absolute Gasteiger partial charge is 0.341 e. The minimum absolute atomic E-state index is 0.304. The van der Waals surface area contributed by atoms with Crippen LogP contribution in [0.2, 0.25) is 0 Å². The molecule has 4 rings (SSSR count). The number of esters is 1. The van der Waals surface area contributed by atoms with Gasteiger partial charge < -0.3 is 9.64 Å². The van der Waals surface area contributed by atoms with Crippen molar-refractivity contribution in [1.29, 1.82) is 0 Å². The first-order valence-corrected chi connectivity index (χ1v) is 10.9. The minimum Gasteiger partial charge on any atom is -0.462 e. The fourth-order valence-corrected chi connectivity index (χ4v) is 4.71. The number of carbonyl (C=O) groups is 1. The summed E-state index contributed by atoms with van der Waals surface area (Å²) in [5, 5.41) is 4.19. The summed E-state index contributed by atoms with van der Waals surface area (Å²) in [5.74, 6) is -0.308. The Hall–Kier alpha value is -2.51. The number of carbonyl (C=O) groups excluding carboxylic acids is 1. The number of para-hydroxylation sites is 1. The molecule has 0 spiro atoms. The lowest BCUT2D eigenvalue weighted by molar-refractivity contribution is 0.0526. The molecule has 1 aliphatic rings. The normalized spacial score (nSPS) is 16.2. The van der Waals surface area contributed by atoms with Gasteiger partial charge in [0, 0.05) is 49.3 Å². The number of hydrogen-bond donors (Lipinski definition) is 0. The molecule has 1 aliphatic heterocycles. The lowest BCUT2D eigenvalue weighted by Gasteiger charge is -2.39. The second kappa shape index (κ2) is 8.47. The molecular weight excluding hydrogens is 384 g/mol. The van der Waals surface area contributed by atoms with E-state index in [1.54, 1.807) is 17.5 Å². The summed E-state index contributed by atoms with van der Waals surface area (Å²) in [5.41, 5.74) is 3.54. The van der Waals surface area contributed by atoms with Crippen molar-refractivity contribution in [2.75, 3.05) is 37.7 Å². The molecule has 3 heterocycles. The number of aromatic nitrogens is 2. The van der Waals surface area contributed by atoms with E-state index in [2.05, 4.69) is 45.7 Å². The number of benzene rings is 1. The van der Waals surface area contributed by atoms with E-state index < -0.39 is 0 Å². The predicted molar refractivity (Wildman–Crippen MR) is 117 cm³/mol. The lowest BCUT2D eigenvalue weighted by atomic mass is 10.0. The summed E-state index contributed by atoms with van der Waals surface area (Å²) in [7, 11) is 0. The average molecular weight is 411 g/mol. The van der Waals surface area contributed by atoms with Crippen LogP contribution in [0.15, 0.2) is 36.0 Å². The van der Waals surface area contributed by atoms with Crippen LogP contribution in [0.3, 0.4) is 0 Å². The minimum atomic E-state index is -0.308. The number of rotatable bonds is 5. The summed E-state index contributed by atoms with van der Waals surface area (Å²) in [6.07, 6.45) is 3.54. The Morgan fingerprint density at radius 1 is 1.24 bits per heavy atom. The first-order valence-electron chi connectivity index (χ1n) is 10.0. The second-order valence-electron chi connectivity index (χ2n) is 7.28. The number of piperazine rings is 1. The van der Waals surface area contributed by atoms with Crippen LogP contribution in [0.4, 0.5) is 5.69 Å². The largest absolute Gasteiger partial charge is 0.462 e. The van der Waals surface area contributed by atoms with Crippen molar-refractivity contribution < 1.29 is 9.53 Å². The van der Waals surface area contributed by atoms with Gasteiger partial charge in [0.25, 0.3) is 0 Å². The molecule has 29 heavy (non-hydrogen) atoms. The van der Waals surface area contributed by atoms with Crippen LogP contribution in [0, 0.1) is 6.92 Å². The highest BCUT2D eigenvalue weighted by Crippen LogP contribution is 2.33. The van der Waals surface area contributed by atoms with Crippen LogP contribution < -0.4 is 4.90 Å². The number of aryl methyl sites for hydroxylation is 1. The van der Waals surface area contributed by atoms with Gasteiger partial charge in [-0.3, -0.25) is 9.88 Å². The van der Waals surface area contributed by atoms with Crippen molar-refractivity contribution in [3.05, 3.63) is 52.1 Å². The average Bonchev–Trinajstić information content (AvgIpc) is 3.28. The number of thiazole rings is 1. The molecule has 152 valence electrons. The maximum absolute atomic E-state index is 12.7. The standard InChI is InChI=1S/C22H26N4O2S/c1-4-28-22(27)18-14-24-19-15(2)6-5-7-17(19)20(18)26-11-9-25(10-12-26)16(3)21-23-8-13-29-21/h5-8,13-14,16H,4,9-12H2,1-3H3. The fraction of sp³-hybridized carbons (Fsp3) is 0.409. The Balaban J connectivity index is 1.65. The van der Waals surface area contributed by atoms with Gasteiger partial charge in [0.05, 0.1) is 23.9 Å². The van der Waals surface area contributed by atoms with Gasteiger partial charge in [0.2, 0.25) is 0 Å². The lowest BCUT2D eigenvalue weighted by Crippen LogP contribution is -2.47. The highest BCUT2D eigenvalue weighted by Gasteiger charge is 2.27. The number of fused-ring (bicyclic) bond motifs is 1. The topological polar surface area (TPSA) is 58.6 Å². The molecule has 0 saturated carbocycles. The molecule has 1 atom stereocenters. The van der Waals surface area contributed by atoms with Crippen LogP contribution >= 0.6 is 11.3 Å². The maximum atomic E-state index is 12.7. The maximum Gasteiger partial charge on any atom is 0.341 e. The zero-order valence-corrected chi connectivity index (χ0v) is 17.9. The Bertz CT molecular complexity index is 997. The van der Waals surface area contributed by atoms with Gasteiger partial charge >= 0.3 is 5.97 Å². The first kappa shape index (κ1) is 19.8. The first-order chi connectivity index (χ1) is 14.1. The summed E-state index contributed by atoms with van der Waals surface area (Å²) >= 11 is 1.70. The predicted octanol–water partition coefficient (Wildman–Crippen LogP) is 4.06. The Morgan fingerprint density at radius 2 is 2.03 bits per heavy atom. The molecule has 0 amide bonds. The summed E-state index contributed by atoms with van der Waals surface area (Å²) < 4.78 is 5.32. The number of pyridine rings is 1. The van der Waals surface area contributed by atoms with Crippen LogP contribution in [0.5, 0.6) is 0 Å². The molecule has 1 saturated heterocycles. The van der Waals surface area contributed by atoms with Gasteiger partial charge in [0.15, 0.2) is 0 Å². The Kier molecular flexibility index (Phi) is 5.78. The van der Waals surface area contributed by atoms with Gasteiger partial charge in [-0.1, -0.05) is 18.2 Å². The molecular formula is C22H26N4O2S. The highest BCUT2D eigenvalue weighted by molar-refractivity contribution is 7.09. The molecule has 2 aromatic heterocycles. The van der Waals surface area contributed by atoms with Crippen LogP contribution in [-0.4, -0.2) is 53.6 Å². The summed E-state index contributed by atoms with van der Waals surface area (Å²) in [6, 6.07) is 6.44. The van der Waals surface area contributed by atoms with E-state index in [1.165, 1.54) is 0 Å². The van der Waals surface area contributed by atoms with Gasteiger partial charge in [-0.15, -0.1) is 11.3 Å². The third kappa shape index (κ3) is 3.84. The van der Waals surface area contributed by atoms with Crippen molar-refractivity contribution >= 4 is 33.9 Å². The van der Waals surface area contributed by atoms with Gasteiger partial charge in [-0.25, -0.2) is 9.78 Å². The van der Waals surface area contributed by atoms with E-state index in [1.807, 2.05) is 24.6 Å². The van der Waals surface area contributed by atoms with Crippen molar-refractivity contribution in [3.8, 4) is 0 Å². The SMILES string of the molecule is CCOC(=O)c1cnc2c(C)cccc2c1N1CCN(C(C)c2nccs2)CC1. The van der Waals surface area contributed by atoms with Gasteiger partial charge in [-0.2, -0.15) is 0 Å². The Labute approximate surface area is 175 Å². The van der Waals surface area contributed by atoms with E-state index in [0.717, 1.165) is 53.3 Å². The highest BCUT2D eigenvalue weighted by atomic mass is 32.1. The van der Waals surface area contributed by atoms with E-state index in [-0.39, 0.29) is 5.97 Å². The van der Waals surface area contributed by atoms with Crippen LogP contribution in [-0.2, 0) is 4.74 Å². The second-order valence-corrected chi connectivity index (χ2v) is 8.21. The van der Waals surface area contributed by atoms with Crippen molar-refractivity contribution in [2.45, 2.75) is 26.8 Å². The molecule has 3 aromatic rings. The molecule has 1 unspecified atom stereocenters. The van der Waals surface area contributed by atoms with Crippen LogP contribution in [0.1, 0.15) is 40.8 Å². The monoisotopic (exact) mass is 410 g/mol. The molecule has 0 aliphatic carbocycles. The zero-order chi connectivity index (χ0) is 20.4. The van der Waals surface area contributed by atoms with Gasteiger partial charge in [-0.05, 0) is 26.3 Å². The molecule has 1 aromatic carbocycles. The van der Waals surface area contributed by atoms with Gasteiger partial charge in [0.1, 0.15) is 10.6 Å². The number of nitrogens with zero attached hydrogens (tertiary/aromatic N) is 4. The zero-order valence-electron chi connectivity index (χ0n) is 17.1. The third-order valence-electron chi connectivity index (χ3n) is 5.55. The quantitative estimate of drug-likeness (QED) is 0.591.